The van der Waals surface area contributed by atoms with Crippen molar-refractivity contribution in [1.29, 1.82) is 0 Å². The van der Waals surface area contributed by atoms with Crippen LogP contribution in [0.4, 0.5) is 0 Å². The standard InChI is InChI=1S/C15H18BrN3O/c1-4-13(11-7-5-10(2)6-8-11)18-15(20)14-12(16)9-17-19(14)3/h5-9,13H,4H2,1-3H3,(H,18,20). The Kier molecular flexibility index (Phi) is 4.60. The molecule has 1 atom stereocenters. The molecule has 1 heterocycles. The number of hydrogen-bond donors (Lipinski definition) is 1. The summed E-state index contributed by atoms with van der Waals surface area (Å²) in [4.78, 5) is 12.4. The fourth-order valence-corrected chi connectivity index (χ4v) is 2.64. The first kappa shape index (κ1) is 14.8. The fraction of sp³-hybridized carbons (Fsp3) is 0.333. The molecule has 0 aliphatic heterocycles. The van der Waals surface area contributed by atoms with Crippen molar-refractivity contribution in [2.45, 2.75) is 26.3 Å². The molecule has 0 radical (unpaired) electrons. The molecule has 1 amide bonds. The second-order valence-corrected chi connectivity index (χ2v) is 5.66. The van der Waals surface area contributed by atoms with E-state index >= 15 is 0 Å². The lowest BCUT2D eigenvalue weighted by Crippen LogP contribution is -2.30. The number of nitrogens with zero attached hydrogens (tertiary/aromatic N) is 2. The van der Waals surface area contributed by atoms with Gasteiger partial charge in [-0.3, -0.25) is 9.48 Å². The molecule has 106 valence electrons. The van der Waals surface area contributed by atoms with E-state index in [1.54, 1.807) is 17.9 Å². The Labute approximate surface area is 127 Å². The van der Waals surface area contributed by atoms with Gasteiger partial charge in [-0.05, 0) is 34.8 Å². The van der Waals surface area contributed by atoms with E-state index in [-0.39, 0.29) is 11.9 Å². The van der Waals surface area contributed by atoms with Crippen LogP contribution in [-0.2, 0) is 7.05 Å². The number of rotatable bonds is 4. The minimum absolute atomic E-state index is 0.00454. The van der Waals surface area contributed by atoms with Gasteiger partial charge in [0.15, 0.2) is 0 Å². The van der Waals surface area contributed by atoms with E-state index < -0.39 is 0 Å². The van der Waals surface area contributed by atoms with Gasteiger partial charge in [-0.15, -0.1) is 0 Å². The number of nitrogens with one attached hydrogen (secondary N) is 1. The number of aryl methyl sites for hydroxylation is 2. The number of amides is 1. The van der Waals surface area contributed by atoms with Gasteiger partial charge in [0.05, 0.1) is 16.7 Å². The molecule has 20 heavy (non-hydrogen) atoms. The predicted octanol–water partition coefficient (Wildman–Crippen LogP) is 3.37. The average Bonchev–Trinajstić information content (AvgIpc) is 2.76. The number of hydrogen-bond acceptors (Lipinski definition) is 2. The zero-order valence-corrected chi connectivity index (χ0v) is 13.4. The van der Waals surface area contributed by atoms with Crippen LogP contribution in [0.2, 0.25) is 0 Å². The van der Waals surface area contributed by atoms with Gasteiger partial charge in [-0.25, -0.2) is 0 Å². The molecular formula is C15H18BrN3O. The molecule has 0 aliphatic carbocycles. The van der Waals surface area contributed by atoms with E-state index in [4.69, 9.17) is 0 Å². The topological polar surface area (TPSA) is 46.9 Å². The Balaban J connectivity index is 2.18. The van der Waals surface area contributed by atoms with Gasteiger partial charge in [0.25, 0.3) is 5.91 Å². The Morgan fingerprint density at radius 1 is 1.40 bits per heavy atom. The normalized spacial score (nSPS) is 12.2. The largest absolute Gasteiger partial charge is 0.344 e. The van der Waals surface area contributed by atoms with E-state index in [0.717, 1.165) is 12.0 Å². The highest BCUT2D eigenvalue weighted by molar-refractivity contribution is 9.10. The van der Waals surface area contributed by atoms with Crippen molar-refractivity contribution < 1.29 is 4.79 Å². The third kappa shape index (κ3) is 3.10. The smallest absolute Gasteiger partial charge is 0.271 e. The third-order valence-electron chi connectivity index (χ3n) is 3.30. The SMILES string of the molecule is CCC(NC(=O)c1c(Br)cnn1C)c1ccc(C)cc1. The van der Waals surface area contributed by atoms with E-state index in [2.05, 4.69) is 64.5 Å². The van der Waals surface area contributed by atoms with Crippen molar-refractivity contribution in [3.05, 3.63) is 51.8 Å². The first-order chi connectivity index (χ1) is 9.52. The summed E-state index contributed by atoms with van der Waals surface area (Å²) in [6, 6.07) is 8.24. The summed E-state index contributed by atoms with van der Waals surface area (Å²) in [5.41, 5.74) is 2.87. The molecule has 0 aliphatic rings. The van der Waals surface area contributed by atoms with Crippen molar-refractivity contribution in [3.8, 4) is 0 Å². The van der Waals surface area contributed by atoms with Crippen molar-refractivity contribution in [3.63, 3.8) is 0 Å². The molecule has 2 aromatic rings. The summed E-state index contributed by atoms with van der Waals surface area (Å²) in [7, 11) is 1.76. The van der Waals surface area contributed by atoms with Gasteiger partial charge in [0.2, 0.25) is 0 Å². The number of halogens is 1. The molecule has 1 unspecified atom stereocenters. The molecule has 0 bridgehead atoms. The van der Waals surface area contributed by atoms with Crippen molar-refractivity contribution in [2.24, 2.45) is 7.05 Å². The van der Waals surface area contributed by atoms with Gasteiger partial charge >= 0.3 is 0 Å². The number of carbonyl (C=O) groups is 1. The van der Waals surface area contributed by atoms with Crippen LogP contribution < -0.4 is 5.32 Å². The Bertz CT molecular complexity index is 585. The van der Waals surface area contributed by atoms with Crippen molar-refractivity contribution in [1.82, 2.24) is 15.1 Å². The highest BCUT2D eigenvalue weighted by Gasteiger charge is 2.19. The molecule has 4 nitrogen and oxygen atoms in total. The molecule has 5 heteroatoms. The molecule has 0 saturated carbocycles. The van der Waals surface area contributed by atoms with Crippen LogP contribution in [0.25, 0.3) is 0 Å². The molecule has 2 rings (SSSR count). The maximum Gasteiger partial charge on any atom is 0.271 e. The van der Waals surface area contributed by atoms with E-state index in [1.807, 2.05) is 0 Å². The Hall–Kier alpha value is -1.62. The van der Waals surface area contributed by atoms with E-state index in [9.17, 15) is 4.79 Å². The lowest BCUT2D eigenvalue weighted by Gasteiger charge is -2.18. The lowest BCUT2D eigenvalue weighted by atomic mass is 10.0. The van der Waals surface area contributed by atoms with Gasteiger partial charge < -0.3 is 5.32 Å². The lowest BCUT2D eigenvalue weighted by molar-refractivity contribution is 0.0925. The number of benzene rings is 1. The van der Waals surface area contributed by atoms with Crippen LogP contribution in [0.5, 0.6) is 0 Å². The highest BCUT2D eigenvalue weighted by atomic mass is 79.9. The average molecular weight is 336 g/mol. The fourth-order valence-electron chi connectivity index (χ4n) is 2.11. The molecule has 1 aromatic heterocycles. The maximum absolute atomic E-state index is 12.4. The molecule has 1 aromatic carbocycles. The predicted molar refractivity (Wildman–Crippen MR) is 82.6 cm³/mol. The number of carbonyl (C=O) groups excluding carboxylic acids is 1. The highest BCUT2D eigenvalue weighted by Crippen LogP contribution is 2.20. The van der Waals surface area contributed by atoms with Gasteiger partial charge in [0, 0.05) is 7.05 Å². The van der Waals surface area contributed by atoms with Crippen LogP contribution in [0.15, 0.2) is 34.9 Å². The second kappa shape index (κ2) is 6.22. The molecular weight excluding hydrogens is 318 g/mol. The van der Waals surface area contributed by atoms with Crippen molar-refractivity contribution in [2.75, 3.05) is 0 Å². The van der Waals surface area contributed by atoms with Crippen LogP contribution in [-0.4, -0.2) is 15.7 Å². The first-order valence-corrected chi connectivity index (χ1v) is 7.37. The van der Waals surface area contributed by atoms with Gasteiger partial charge in [0.1, 0.15) is 5.69 Å². The summed E-state index contributed by atoms with van der Waals surface area (Å²) < 4.78 is 2.28. The summed E-state index contributed by atoms with van der Waals surface area (Å²) in [6.07, 6.45) is 2.46. The third-order valence-corrected chi connectivity index (χ3v) is 3.88. The molecule has 0 spiro atoms. The Morgan fingerprint density at radius 2 is 2.05 bits per heavy atom. The van der Waals surface area contributed by atoms with Gasteiger partial charge in [-0.2, -0.15) is 5.10 Å². The van der Waals surface area contributed by atoms with Gasteiger partial charge in [-0.1, -0.05) is 36.8 Å². The first-order valence-electron chi connectivity index (χ1n) is 6.57. The van der Waals surface area contributed by atoms with Crippen molar-refractivity contribution >= 4 is 21.8 Å². The van der Waals surface area contributed by atoms with Crippen LogP contribution in [0.3, 0.4) is 0 Å². The quantitative estimate of drug-likeness (QED) is 0.931. The zero-order chi connectivity index (χ0) is 14.7. The van der Waals surface area contributed by atoms with Crippen LogP contribution in [0, 0.1) is 6.92 Å². The molecule has 1 N–H and O–H groups in total. The zero-order valence-electron chi connectivity index (χ0n) is 11.9. The minimum Gasteiger partial charge on any atom is -0.344 e. The Morgan fingerprint density at radius 3 is 2.55 bits per heavy atom. The second-order valence-electron chi connectivity index (χ2n) is 4.81. The van der Waals surface area contributed by atoms with E-state index in [1.165, 1.54) is 5.56 Å². The minimum atomic E-state index is -0.121. The monoisotopic (exact) mass is 335 g/mol. The molecule has 0 saturated heterocycles. The van der Waals surface area contributed by atoms with Crippen LogP contribution in [0.1, 0.15) is 41.0 Å². The summed E-state index contributed by atoms with van der Waals surface area (Å²) in [5.74, 6) is -0.121. The summed E-state index contributed by atoms with van der Waals surface area (Å²) >= 11 is 3.35. The maximum atomic E-state index is 12.4. The van der Waals surface area contributed by atoms with Crippen LogP contribution >= 0.6 is 15.9 Å². The summed E-state index contributed by atoms with van der Waals surface area (Å²) in [5, 5.41) is 7.12. The number of aromatic nitrogens is 2. The molecule has 0 fully saturated rings. The van der Waals surface area contributed by atoms with E-state index in [0.29, 0.717) is 10.2 Å². The summed E-state index contributed by atoms with van der Waals surface area (Å²) in [6.45, 7) is 4.11.